The Labute approximate surface area is 236 Å². The maximum Gasteiger partial charge on any atom is 0.309 e. The number of aromatic nitrogens is 1. The Kier molecular flexibility index (Phi) is 8.02. The second-order valence-electron chi connectivity index (χ2n) is 11.5. The van der Waals surface area contributed by atoms with Crippen molar-refractivity contribution < 1.29 is 18.3 Å². The molecular formula is C32H36ClNO4S. The fourth-order valence-corrected chi connectivity index (χ4v) is 7.15. The molecule has 0 radical (unpaired) electrons. The predicted molar refractivity (Wildman–Crippen MR) is 158 cm³/mol. The molecule has 0 saturated heterocycles. The summed E-state index contributed by atoms with van der Waals surface area (Å²) in [5.74, 6) is -0.811. The summed E-state index contributed by atoms with van der Waals surface area (Å²) in [6.07, 6.45) is 0.0417. The molecule has 0 saturated carbocycles. The Morgan fingerprint density at radius 2 is 1.59 bits per heavy atom. The van der Waals surface area contributed by atoms with Crippen LogP contribution < -0.4 is 0 Å². The van der Waals surface area contributed by atoms with Crippen molar-refractivity contribution in [3.63, 3.8) is 0 Å². The largest absolute Gasteiger partial charge is 0.481 e. The average molecular weight is 566 g/mol. The van der Waals surface area contributed by atoms with Crippen molar-refractivity contribution in [1.29, 1.82) is 0 Å². The summed E-state index contributed by atoms with van der Waals surface area (Å²) < 4.78 is 31.3. The van der Waals surface area contributed by atoms with Crippen LogP contribution in [-0.4, -0.2) is 24.1 Å². The smallest absolute Gasteiger partial charge is 0.309 e. The van der Waals surface area contributed by atoms with E-state index in [1.54, 1.807) is 38.1 Å². The zero-order valence-electron chi connectivity index (χ0n) is 23.3. The van der Waals surface area contributed by atoms with Crippen molar-refractivity contribution in [2.45, 2.75) is 76.1 Å². The van der Waals surface area contributed by atoms with E-state index in [0.717, 1.165) is 22.2 Å². The minimum Gasteiger partial charge on any atom is -0.481 e. The second kappa shape index (κ2) is 10.8. The van der Waals surface area contributed by atoms with Crippen molar-refractivity contribution in [2.75, 3.05) is 0 Å². The van der Waals surface area contributed by atoms with Crippen LogP contribution in [0.15, 0.2) is 76.5 Å². The molecular weight excluding hydrogens is 530 g/mol. The first kappa shape index (κ1) is 28.9. The van der Waals surface area contributed by atoms with E-state index in [0.29, 0.717) is 22.6 Å². The van der Waals surface area contributed by atoms with Crippen LogP contribution in [0.3, 0.4) is 0 Å². The number of carboxylic acid groups (broad SMARTS) is 1. The molecule has 206 valence electrons. The lowest BCUT2D eigenvalue weighted by atomic mass is 9.88. The van der Waals surface area contributed by atoms with Gasteiger partial charge in [-0.15, -0.1) is 0 Å². The lowest BCUT2D eigenvalue weighted by molar-refractivity contribution is -0.146. The molecule has 1 aromatic heterocycles. The summed E-state index contributed by atoms with van der Waals surface area (Å²) in [7, 11) is -4.03. The van der Waals surface area contributed by atoms with Gasteiger partial charge in [-0.05, 0) is 72.7 Å². The van der Waals surface area contributed by atoms with Crippen LogP contribution >= 0.6 is 11.6 Å². The highest BCUT2D eigenvalue weighted by atomic mass is 35.5. The molecule has 4 rings (SSSR count). The van der Waals surface area contributed by atoms with E-state index in [1.807, 2.05) is 60.9 Å². The van der Waals surface area contributed by atoms with E-state index in [9.17, 15) is 18.3 Å². The third kappa shape index (κ3) is 5.64. The summed E-state index contributed by atoms with van der Waals surface area (Å²) in [6, 6.07) is 20.5. The number of halogens is 1. The molecule has 0 aliphatic heterocycles. The van der Waals surface area contributed by atoms with Gasteiger partial charge in [-0.2, -0.15) is 0 Å². The summed E-state index contributed by atoms with van der Waals surface area (Å²) in [5, 5.41) is 11.3. The first-order valence-corrected chi connectivity index (χ1v) is 15.1. The molecule has 5 nitrogen and oxygen atoms in total. The molecule has 0 aliphatic carbocycles. The fourth-order valence-electron chi connectivity index (χ4n) is 4.99. The van der Waals surface area contributed by atoms with Crippen molar-refractivity contribution in [2.24, 2.45) is 5.41 Å². The SMILES string of the molecule is CC(C)c1ccc2c(c1)c(S(=O)(=O)c1ccccc1C(C)C)c(CC(C)(C)C(=O)O)n2Cc1ccc(Cl)cc1. The molecule has 3 aromatic carbocycles. The molecule has 0 fully saturated rings. The molecule has 7 heteroatoms. The lowest BCUT2D eigenvalue weighted by Crippen LogP contribution is -2.28. The molecule has 0 atom stereocenters. The summed E-state index contributed by atoms with van der Waals surface area (Å²) in [4.78, 5) is 12.7. The Morgan fingerprint density at radius 3 is 2.18 bits per heavy atom. The number of hydrogen-bond acceptors (Lipinski definition) is 3. The van der Waals surface area contributed by atoms with E-state index in [2.05, 4.69) is 13.8 Å². The average Bonchev–Trinajstić information content (AvgIpc) is 3.17. The maximum atomic E-state index is 14.7. The van der Waals surface area contributed by atoms with Gasteiger partial charge in [0.25, 0.3) is 0 Å². The van der Waals surface area contributed by atoms with Gasteiger partial charge in [0.2, 0.25) is 9.84 Å². The first-order valence-electron chi connectivity index (χ1n) is 13.2. The molecule has 0 aliphatic rings. The van der Waals surface area contributed by atoms with Crippen molar-refractivity contribution in [3.8, 4) is 0 Å². The summed E-state index contributed by atoms with van der Waals surface area (Å²) >= 11 is 6.13. The molecule has 39 heavy (non-hydrogen) atoms. The molecule has 4 aromatic rings. The standard InChI is InChI=1S/C32H36ClNO4S/c1-20(2)23-13-16-27-26(17-23)30(39(37,38)29-10-8-7-9-25(29)21(3)4)28(18-32(5,6)31(35)36)34(27)19-22-11-14-24(33)15-12-22/h7-17,20-21H,18-19H2,1-6H3,(H,35,36). The third-order valence-corrected chi connectivity index (χ3v) is 9.55. The number of carboxylic acids is 1. The number of fused-ring (bicyclic) bond motifs is 1. The Bertz CT molecular complexity index is 1630. The van der Waals surface area contributed by atoms with Crippen LogP contribution in [0.1, 0.15) is 75.8 Å². The number of sulfone groups is 1. The second-order valence-corrected chi connectivity index (χ2v) is 13.8. The van der Waals surface area contributed by atoms with Gasteiger partial charge in [-0.25, -0.2) is 8.42 Å². The zero-order chi connectivity index (χ0) is 28.7. The van der Waals surface area contributed by atoms with E-state index in [4.69, 9.17) is 11.6 Å². The van der Waals surface area contributed by atoms with Gasteiger partial charge in [0.1, 0.15) is 4.90 Å². The van der Waals surface area contributed by atoms with E-state index in [1.165, 1.54) is 0 Å². The van der Waals surface area contributed by atoms with Crippen LogP contribution in [0.5, 0.6) is 0 Å². The minimum atomic E-state index is -4.03. The van der Waals surface area contributed by atoms with E-state index in [-0.39, 0.29) is 28.0 Å². The van der Waals surface area contributed by atoms with Crippen LogP contribution in [0.2, 0.25) is 5.02 Å². The first-order chi connectivity index (χ1) is 18.2. The summed E-state index contributed by atoms with van der Waals surface area (Å²) in [5.41, 5.74) is 2.74. The quantitative estimate of drug-likeness (QED) is 0.222. The molecule has 1 heterocycles. The number of aliphatic carboxylic acids is 1. The number of hydrogen-bond donors (Lipinski definition) is 1. The van der Waals surface area contributed by atoms with Crippen molar-refractivity contribution in [1.82, 2.24) is 4.57 Å². The highest BCUT2D eigenvalue weighted by molar-refractivity contribution is 7.91. The van der Waals surface area contributed by atoms with E-state index < -0.39 is 21.2 Å². The Morgan fingerprint density at radius 1 is 0.949 bits per heavy atom. The minimum absolute atomic E-state index is 0.0106. The van der Waals surface area contributed by atoms with Gasteiger partial charge in [0.05, 0.1) is 10.3 Å². The normalized spacial score (nSPS) is 12.5. The zero-order valence-corrected chi connectivity index (χ0v) is 24.9. The topological polar surface area (TPSA) is 76.4 Å². The third-order valence-electron chi connectivity index (χ3n) is 7.35. The molecule has 1 N–H and O–H groups in total. The molecule has 0 amide bonds. The van der Waals surface area contributed by atoms with Gasteiger partial charge in [-0.3, -0.25) is 4.79 Å². The number of rotatable bonds is 9. The number of carbonyl (C=O) groups is 1. The van der Waals surface area contributed by atoms with Crippen molar-refractivity contribution >= 4 is 38.3 Å². The highest BCUT2D eigenvalue weighted by Crippen LogP contribution is 2.41. The Balaban J connectivity index is 2.13. The van der Waals surface area contributed by atoms with Gasteiger partial charge < -0.3 is 9.67 Å². The number of nitrogens with zero attached hydrogens (tertiary/aromatic N) is 1. The highest BCUT2D eigenvalue weighted by Gasteiger charge is 2.36. The van der Waals surface area contributed by atoms with Gasteiger partial charge in [0.15, 0.2) is 0 Å². The van der Waals surface area contributed by atoms with Crippen LogP contribution in [0, 0.1) is 5.41 Å². The van der Waals surface area contributed by atoms with Crippen molar-refractivity contribution in [3.05, 3.63) is 94.1 Å². The van der Waals surface area contributed by atoms with Gasteiger partial charge in [0, 0.05) is 34.6 Å². The number of benzene rings is 3. The van der Waals surface area contributed by atoms with Crippen LogP contribution in [0.25, 0.3) is 10.9 Å². The molecule has 0 bridgehead atoms. The monoisotopic (exact) mass is 565 g/mol. The lowest BCUT2D eigenvalue weighted by Gasteiger charge is -2.22. The molecule has 0 unspecified atom stereocenters. The summed E-state index contributed by atoms with van der Waals surface area (Å²) in [6.45, 7) is 11.7. The molecule has 0 spiro atoms. The maximum absolute atomic E-state index is 14.7. The predicted octanol–water partition coefficient (Wildman–Crippen LogP) is 8.08. The van der Waals surface area contributed by atoms with E-state index >= 15 is 0 Å². The van der Waals surface area contributed by atoms with Gasteiger partial charge >= 0.3 is 5.97 Å². The fraction of sp³-hybridized carbons (Fsp3) is 0.344. The van der Waals surface area contributed by atoms with Crippen LogP contribution in [0.4, 0.5) is 0 Å². The Hall–Kier alpha value is -3.09. The van der Waals surface area contributed by atoms with Crippen LogP contribution in [-0.2, 0) is 27.6 Å². The van der Waals surface area contributed by atoms with Gasteiger partial charge in [-0.1, -0.05) is 75.7 Å².